The number of fused-ring (bicyclic) bond motifs is 6. The number of ether oxygens (including phenoxy) is 2. The highest BCUT2D eigenvalue weighted by atomic mass is 32.2. The molecule has 0 aliphatic carbocycles. The van der Waals surface area contributed by atoms with Crippen molar-refractivity contribution in [3.63, 3.8) is 0 Å². The van der Waals surface area contributed by atoms with Crippen LogP contribution in [0.4, 0.5) is 27.6 Å². The van der Waals surface area contributed by atoms with E-state index >= 15 is 0 Å². The fourth-order valence-corrected chi connectivity index (χ4v) is 6.04. The predicted octanol–water partition coefficient (Wildman–Crippen LogP) is 5.16. The number of halogens is 5. The lowest BCUT2D eigenvalue weighted by molar-refractivity contribution is 0.0224. The van der Waals surface area contributed by atoms with Crippen molar-refractivity contribution < 1.29 is 54.9 Å². The molecule has 0 radical (unpaired) electrons. The lowest BCUT2D eigenvalue weighted by Crippen LogP contribution is -2.33. The molecule has 1 unspecified atom stereocenters. The van der Waals surface area contributed by atoms with Gasteiger partial charge in [-0.1, -0.05) is 18.2 Å². The largest absolute Gasteiger partial charge is 0.508 e. The first-order valence-electron chi connectivity index (χ1n) is 11.1. The molecule has 0 amide bonds. The number of hydrogen-bond donors (Lipinski definition) is 3. The number of hydrogen-bond acceptors (Lipinski definition) is 7. The SMILES string of the molecule is O=C1OC2(c3ccc(O)cc3Oc3c2ccc(O)c3NS(=O)(=O)c2c(F)c(F)c(F)c(F)c2F)c2ccccc21. The monoisotopic (exact) mass is 577 g/mol. The second-order valence-corrected chi connectivity index (χ2v) is 10.4. The third-order valence-electron chi connectivity index (χ3n) is 6.52. The van der Waals surface area contributed by atoms with E-state index < -0.39 is 72.8 Å². The highest BCUT2D eigenvalue weighted by molar-refractivity contribution is 7.92. The molecule has 2 heterocycles. The Bertz CT molecular complexity index is 1890. The van der Waals surface area contributed by atoms with Gasteiger partial charge in [0.05, 0.1) is 11.1 Å². The summed E-state index contributed by atoms with van der Waals surface area (Å²) >= 11 is 0. The average Bonchev–Trinajstić information content (AvgIpc) is 3.20. The molecular weight excluding hydrogens is 565 g/mol. The summed E-state index contributed by atoms with van der Waals surface area (Å²) < 4.78 is 109. The standard InChI is InChI=1S/C26H12F5NO7S/c27-17-18(28)20(30)24(21(31)19(17)29)40(36,37)32-22-15(34)8-7-14-23(22)38-16-9-10(33)5-6-13(16)26(14)12-4-2-1-3-11(12)25(35)39-26/h1-9,32-34H. The number of nitrogens with one attached hydrogen (secondary N) is 1. The molecular formula is C26H12F5NO7S. The maximum Gasteiger partial charge on any atom is 0.340 e. The summed E-state index contributed by atoms with van der Waals surface area (Å²) in [6.45, 7) is 0. The third kappa shape index (κ3) is 3.28. The molecule has 6 rings (SSSR count). The van der Waals surface area contributed by atoms with Crippen LogP contribution >= 0.6 is 0 Å². The Balaban J connectivity index is 1.61. The summed E-state index contributed by atoms with van der Waals surface area (Å²) in [5.74, 6) is -15.6. The zero-order valence-corrected chi connectivity index (χ0v) is 20.2. The maximum atomic E-state index is 14.4. The minimum Gasteiger partial charge on any atom is -0.508 e. The average molecular weight is 577 g/mol. The van der Waals surface area contributed by atoms with Crippen LogP contribution in [0.1, 0.15) is 27.0 Å². The topological polar surface area (TPSA) is 122 Å². The zero-order valence-electron chi connectivity index (χ0n) is 19.4. The van der Waals surface area contributed by atoms with Gasteiger partial charge in [0.2, 0.25) is 5.82 Å². The molecule has 14 heteroatoms. The molecule has 1 atom stereocenters. The predicted molar refractivity (Wildman–Crippen MR) is 125 cm³/mol. The van der Waals surface area contributed by atoms with E-state index in [1.54, 1.807) is 16.9 Å². The number of anilines is 1. The number of carbonyl (C=O) groups excluding carboxylic acids is 1. The molecule has 3 N–H and O–H groups in total. The van der Waals surface area contributed by atoms with Gasteiger partial charge in [0, 0.05) is 17.2 Å². The van der Waals surface area contributed by atoms with E-state index in [1.807, 2.05) is 0 Å². The second-order valence-electron chi connectivity index (χ2n) is 8.74. The first-order valence-corrected chi connectivity index (χ1v) is 12.6. The first kappa shape index (κ1) is 25.4. The van der Waals surface area contributed by atoms with Crippen molar-refractivity contribution in [3.8, 4) is 23.0 Å². The molecule has 4 aromatic carbocycles. The van der Waals surface area contributed by atoms with Crippen LogP contribution in [0.3, 0.4) is 0 Å². The van der Waals surface area contributed by atoms with E-state index in [1.165, 1.54) is 30.3 Å². The van der Waals surface area contributed by atoms with Crippen LogP contribution in [0.15, 0.2) is 59.5 Å². The lowest BCUT2D eigenvalue weighted by atomic mass is 9.77. The minimum absolute atomic E-state index is 0.0723. The van der Waals surface area contributed by atoms with Gasteiger partial charge in [0.15, 0.2) is 39.5 Å². The normalized spacial score (nSPS) is 17.1. The fraction of sp³-hybridized carbons (Fsp3) is 0.0385. The molecule has 0 saturated carbocycles. The van der Waals surface area contributed by atoms with Crippen LogP contribution in [0.2, 0.25) is 0 Å². The summed E-state index contributed by atoms with van der Waals surface area (Å²) in [4.78, 5) is 10.7. The highest BCUT2D eigenvalue weighted by Crippen LogP contribution is 2.59. The number of benzene rings is 4. The van der Waals surface area contributed by atoms with Crippen LogP contribution in [0.5, 0.6) is 23.0 Å². The molecule has 2 aliphatic heterocycles. The van der Waals surface area contributed by atoms with E-state index in [4.69, 9.17) is 9.47 Å². The van der Waals surface area contributed by atoms with Gasteiger partial charge in [-0.25, -0.2) is 35.2 Å². The Morgan fingerprint density at radius 3 is 2.10 bits per heavy atom. The number of esters is 1. The molecule has 4 aromatic rings. The number of sulfonamides is 1. The molecule has 8 nitrogen and oxygen atoms in total. The molecule has 0 fully saturated rings. The van der Waals surface area contributed by atoms with E-state index in [0.717, 1.165) is 12.1 Å². The summed E-state index contributed by atoms with van der Waals surface area (Å²) in [6, 6.07) is 12.1. The molecule has 2 aliphatic rings. The van der Waals surface area contributed by atoms with Crippen LogP contribution in [0.25, 0.3) is 0 Å². The molecule has 0 saturated heterocycles. The van der Waals surface area contributed by atoms with Crippen LogP contribution in [-0.2, 0) is 20.4 Å². The van der Waals surface area contributed by atoms with Gasteiger partial charge in [0.1, 0.15) is 22.9 Å². The van der Waals surface area contributed by atoms with Crippen molar-refractivity contribution in [2.45, 2.75) is 10.5 Å². The van der Waals surface area contributed by atoms with Gasteiger partial charge in [-0.05, 0) is 30.3 Å². The number of phenolic OH excluding ortho intramolecular Hbond substituents is 2. The second kappa shape index (κ2) is 8.32. The zero-order chi connectivity index (χ0) is 28.7. The Labute approximate surface area is 220 Å². The summed E-state index contributed by atoms with van der Waals surface area (Å²) in [5, 5.41) is 20.7. The van der Waals surface area contributed by atoms with Gasteiger partial charge in [-0.15, -0.1) is 0 Å². The van der Waals surface area contributed by atoms with Gasteiger partial charge < -0.3 is 19.7 Å². The van der Waals surface area contributed by atoms with Crippen LogP contribution in [0, 0.1) is 29.1 Å². The van der Waals surface area contributed by atoms with E-state index in [9.17, 15) is 45.4 Å². The summed E-state index contributed by atoms with van der Waals surface area (Å²) in [7, 11) is -5.63. The van der Waals surface area contributed by atoms with Gasteiger partial charge >= 0.3 is 5.97 Å². The highest BCUT2D eigenvalue weighted by Gasteiger charge is 2.54. The quantitative estimate of drug-likeness (QED) is 0.101. The molecule has 40 heavy (non-hydrogen) atoms. The van der Waals surface area contributed by atoms with Crippen molar-refractivity contribution in [1.29, 1.82) is 0 Å². The molecule has 1 spiro atoms. The number of aromatic hydroxyl groups is 2. The Morgan fingerprint density at radius 2 is 1.40 bits per heavy atom. The lowest BCUT2D eigenvalue weighted by Gasteiger charge is -2.37. The Morgan fingerprint density at radius 1 is 0.775 bits per heavy atom. The van der Waals surface area contributed by atoms with E-state index in [0.29, 0.717) is 0 Å². The Kier molecular flexibility index (Phi) is 5.29. The van der Waals surface area contributed by atoms with Crippen molar-refractivity contribution in [2.24, 2.45) is 0 Å². The van der Waals surface area contributed by atoms with Crippen molar-refractivity contribution in [1.82, 2.24) is 0 Å². The minimum atomic E-state index is -5.63. The maximum absolute atomic E-state index is 14.4. The number of phenols is 2. The van der Waals surface area contributed by atoms with E-state index in [2.05, 4.69) is 0 Å². The number of carbonyl (C=O) groups is 1. The van der Waals surface area contributed by atoms with Crippen LogP contribution < -0.4 is 9.46 Å². The molecule has 0 aromatic heterocycles. The smallest absolute Gasteiger partial charge is 0.340 e. The van der Waals surface area contributed by atoms with Crippen molar-refractivity contribution in [2.75, 3.05) is 4.72 Å². The van der Waals surface area contributed by atoms with Crippen molar-refractivity contribution in [3.05, 3.63) is 106 Å². The molecule has 0 bridgehead atoms. The summed E-state index contributed by atoms with van der Waals surface area (Å²) in [6.07, 6.45) is 0. The third-order valence-corrected chi connectivity index (χ3v) is 7.89. The van der Waals surface area contributed by atoms with Gasteiger partial charge in [0.25, 0.3) is 10.0 Å². The Hall–Kier alpha value is -4.85. The molecule has 204 valence electrons. The first-order chi connectivity index (χ1) is 18.9. The van der Waals surface area contributed by atoms with Gasteiger partial charge in [-0.3, -0.25) is 4.72 Å². The summed E-state index contributed by atoms with van der Waals surface area (Å²) in [5.41, 5.74) is -2.17. The van der Waals surface area contributed by atoms with Crippen LogP contribution in [-0.4, -0.2) is 24.6 Å². The van der Waals surface area contributed by atoms with Gasteiger partial charge in [-0.2, -0.15) is 0 Å². The number of rotatable bonds is 3. The fourth-order valence-electron chi connectivity index (χ4n) is 4.82. The van der Waals surface area contributed by atoms with E-state index in [-0.39, 0.29) is 33.8 Å². The van der Waals surface area contributed by atoms with Crippen molar-refractivity contribution >= 4 is 21.7 Å².